The van der Waals surface area contributed by atoms with E-state index in [1.54, 1.807) is 48.5 Å². The standard InChI is InChI=1S/C25H19N3O4/c29-21-20-24(17-11-5-2-6-12-17)25(32,26-21)18-13-7-8-14-19(18)28(24)23(31)22(30)27(20)15-16-9-3-1-4-10-16/h1-14,20,32H,15H2,(H,26,29)/t20-,24-,25+/m1/s1. The van der Waals surface area contributed by atoms with Gasteiger partial charge in [0.05, 0.1) is 5.69 Å². The SMILES string of the molecule is O=C1N[C@]2(O)c3ccccc3N3C(=O)C(=O)N(Cc4ccccc4)[C@H]1[C@@]32c1ccccc1. The van der Waals surface area contributed by atoms with Crippen molar-refractivity contribution in [2.24, 2.45) is 0 Å². The largest absolute Gasteiger partial charge is 0.365 e. The molecule has 7 heteroatoms. The average molecular weight is 425 g/mol. The van der Waals surface area contributed by atoms with Gasteiger partial charge in [0.1, 0.15) is 6.04 Å². The van der Waals surface area contributed by atoms with Gasteiger partial charge < -0.3 is 15.3 Å². The second kappa shape index (κ2) is 6.27. The highest BCUT2D eigenvalue weighted by atomic mass is 16.3. The van der Waals surface area contributed by atoms with Crippen molar-refractivity contribution >= 4 is 23.4 Å². The molecule has 0 saturated carbocycles. The van der Waals surface area contributed by atoms with Gasteiger partial charge in [-0.15, -0.1) is 0 Å². The van der Waals surface area contributed by atoms with Crippen molar-refractivity contribution in [3.63, 3.8) is 0 Å². The molecule has 3 atom stereocenters. The molecule has 2 N–H and O–H groups in total. The number of hydrogen-bond acceptors (Lipinski definition) is 4. The molecule has 0 unspecified atom stereocenters. The number of aliphatic hydroxyl groups is 1. The molecule has 6 rings (SSSR count). The second-order valence-corrected chi connectivity index (χ2v) is 8.31. The number of carbonyl (C=O) groups is 3. The Bertz CT molecular complexity index is 1280. The Labute approximate surface area is 183 Å². The van der Waals surface area contributed by atoms with Crippen LogP contribution in [-0.2, 0) is 32.2 Å². The highest BCUT2D eigenvalue weighted by Crippen LogP contribution is 2.61. The number of benzene rings is 3. The number of fused-ring (bicyclic) bond motifs is 3. The third-order valence-corrected chi connectivity index (χ3v) is 6.76. The van der Waals surface area contributed by atoms with E-state index in [4.69, 9.17) is 0 Å². The predicted octanol–water partition coefficient (Wildman–Crippen LogP) is 1.61. The number of carbonyl (C=O) groups excluding carboxylic acids is 3. The van der Waals surface area contributed by atoms with Crippen molar-refractivity contribution in [2.45, 2.75) is 23.9 Å². The van der Waals surface area contributed by atoms with Crippen LogP contribution in [0.25, 0.3) is 0 Å². The zero-order valence-corrected chi connectivity index (χ0v) is 16.9. The van der Waals surface area contributed by atoms with Crippen LogP contribution >= 0.6 is 0 Å². The molecule has 3 aromatic rings. The highest BCUT2D eigenvalue weighted by molar-refractivity contribution is 6.43. The van der Waals surface area contributed by atoms with Gasteiger partial charge in [-0.25, -0.2) is 0 Å². The van der Waals surface area contributed by atoms with E-state index < -0.39 is 35.0 Å². The summed E-state index contributed by atoms with van der Waals surface area (Å²) in [6.45, 7) is 0.0678. The van der Waals surface area contributed by atoms with Crippen LogP contribution in [0, 0.1) is 0 Å². The Kier molecular flexibility index (Phi) is 3.68. The van der Waals surface area contributed by atoms with E-state index in [-0.39, 0.29) is 6.54 Å². The molecule has 3 aliphatic heterocycles. The van der Waals surface area contributed by atoms with Gasteiger partial charge in [0, 0.05) is 12.1 Å². The summed E-state index contributed by atoms with van der Waals surface area (Å²) in [5, 5.41) is 14.8. The molecular weight excluding hydrogens is 406 g/mol. The van der Waals surface area contributed by atoms with E-state index in [1.165, 1.54) is 9.80 Å². The van der Waals surface area contributed by atoms with Gasteiger partial charge in [-0.3, -0.25) is 19.3 Å². The number of nitrogens with zero attached hydrogens (tertiary/aromatic N) is 2. The molecule has 3 aromatic carbocycles. The summed E-state index contributed by atoms with van der Waals surface area (Å²) in [7, 11) is 0. The third kappa shape index (κ3) is 2.06. The van der Waals surface area contributed by atoms with Crippen LogP contribution in [0.5, 0.6) is 0 Å². The van der Waals surface area contributed by atoms with E-state index in [9.17, 15) is 19.5 Å². The fourth-order valence-electron chi connectivity index (χ4n) is 5.55. The Morgan fingerprint density at radius 3 is 2.16 bits per heavy atom. The van der Waals surface area contributed by atoms with Crippen molar-refractivity contribution < 1.29 is 19.5 Å². The van der Waals surface area contributed by atoms with Gasteiger partial charge in [0.25, 0.3) is 0 Å². The first-order valence-corrected chi connectivity index (χ1v) is 10.4. The first-order valence-electron chi connectivity index (χ1n) is 10.4. The van der Waals surface area contributed by atoms with Crippen LogP contribution in [0.15, 0.2) is 84.9 Å². The number of anilines is 1. The Morgan fingerprint density at radius 1 is 0.812 bits per heavy atom. The number of hydrogen-bond donors (Lipinski definition) is 2. The Morgan fingerprint density at radius 2 is 1.44 bits per heavy atom. The number of piperazine rings is 1. The summed E-state index contributed by atoms with van der Waals surface area (Å²) in [5.41, 5.74) is -1.26. The summed E-state index contributed by atoms with van der Waals surface area (Å²) in [6.07, 6.45) is 0. The van der Waals surface area contributed by atoms with Crippen molar-refractivity contribution in [2.75, 3.05) is 4.90 Å². The zero-order chi connectivity index (χ0) is 22.1. The molecular formula is C25H19N3O4. The quantitative estimate of drug-likeness (QED) is 0.624. The van der Waals surface area contributed by atoms with Crippen molar-refractivity contribution in [1.29, 1.82) is 0 Å². The summed E-state index contributed by atoms with van der Waals surface area (Å²) >= 11 is 0. The zero-order valence-electron chi connectivity index (χ0n) is 16.9. The summed E-state index contributed by atoms with van der Waals surface area (Å²) in [4.78, 5) is 43.0. The number of para-hydroxylation sites is 1. The van der Waals surface area contributed by atoms with Gasteiger partial charge in [0.2, 0.25) is 5.91 Å². The molecule has 32 heavy (non-hydrogen) atoms. The van der Waals surface area contributed by atoms with E-state index >= 15 is 0 Å². The van der Waals surface area contributed by atoms with Crippen LogP contribution in [0.4, 0.5) is 5.69 Å². The molecule has 7 nitrogen and oxygen atoms in total. The lowest BCUT2D eigenvalue weighted by Gasteiger charge is -2.50. The molecule has 2 fully saturated rings. The van der Waals surface area contributed by atoms with Gasteiger partial charge >= 0.3 is 11.8 Å². The van der Waals surface area contributed by atoms with Gasteiger partial charge in [-0.2, -0.15) is 0 Å². The van der Waals surface area contributed by atoms with Crippen molar-refractivity contribution in [3.05, 3.63) is 102 Å². The smallest absolute Gasteiger partial charge is 0.317 e. The second-order valence-electron chi connectivity index (χ2n) is 8.31. The molecule has 0 radical (unpaired) electrons. The predicted molar refractivity (Wildman–Crippen MR) is 115 cm³/mol. The average Bonchev–Trinajstić information content (AvgIpc) is 3.19. The molecule has 3 aliphatic rings. The molecule has 158 valence electrons. The van der Waals surface area contributed by atoms with Crippen LogP contribution in [0.3, 0.4) is 0 Å². The van der Waals surface area contributed by atoms with Crippen molar-refractivity contribution in [3.8, 4) is 0 Å². The lowest BCUT2D eigenvalue weighted by atomic mass is 9.74. The third-order valence-electron chi connectivity index (χ3n) is 6.76. The Hall–Kier alpha value is -3.97. The molecule has 2 saturated heterocycles. The lowest BCUT2D eigenvalue weighted by molar-refractivity contribution is -0.157. The molecule has 0 aliphatic carbocycles. The maximum atomic E-state index is 13.6. The van der Waals surface area contributed by atoms with Gasteiger partial charge in [0.15, 0.2) is 11.3 Å². The van der Waals surface area contributed by atoms with Gasteiger partial charge in [-0.05, 0) is 17.2 Å². The fraction of sp³-hybridized carbons (Fsp3) is 0.160. The molecule has 0 aromatic heterocycles. The van der Waals surface area contributed by atoms with Crippen molar-refractivity contribution in [1.82, 2.24) is 10.2 Å². The maximum Gasteiger partial charge on any atom is 0.317 e. The minimum atomic E-state index is -1.89. The van der Waals surface area contributed by atoms with E-state index in [2.05, 4.69) is 5.32 Å². The van der Waals surface area contributed by atoms with Crippen LogP contribution in [-0.4, -0.2) is 33.8 Å². The van der Waals surface area contributed by atoms with Crippen LogP contribution in [0.2, 0.25) is 0 Å². The van der Waals surface area contributed by atoms with Crippen LogP contribution in [0.1, 0.15) is 16.7 Å². The molecule has 0 spiro atoms. The number of amides is 3. The summed E-state index contributed by atoms with van der Waals surface area (Å²) in [5.74, 6) is -2.06. The highest BCUT2D eigenvalue weighted by Gasteiger charge is 2.78. The monoisotopic (exact) mass is 425 g/mol. The normalized spacial score (nSPS) is 27.9. The lowest BCUT2D eigenvalue weighted by Crippen LogP contribution is -2.72. The molecule has 3 heterocycles. The first-order chi connectivity index (χ1) is 15.5. The topological polar surface area (TPSA) is 90.0 Å². The fourth-order valence-corrected chi connectivity index (χ4v) is 5.55. The van der Waals surface area contributed by atoms with E-state index in [0.717, 1.165) is 5.56 Å². The van der Waals surface area contributed by atoms with E-state index in [1.807, 2.05) is 36.4 Å². The number of rotatable bonds is 3. The summed E-state index contributed by atoms with van der Waals surface area (Å²) in [6, 6.07) is 23.9. The molecule has 3 amide bonds. The van der Waals surface area contributed by atoms with E-state index in [0.29, 0.717) is 16.8 Å². The Balaban J connectivity index is 1.65. The minimum Gasteiger partial charge on any atom is -0.365 e. The minimum absolute atomic E-state index is 0.0678. The van der Waals surface area contributed by atoms with Crippen LogP contribution < -0.4 is 10.2 Å². The molecule has 0 bridgehead atoms. The maximum absolute atomic E-state index is 13.6. The summed E-state index contributed by atoms with van der Waals surface area (Å²) < 4.78 is 0. The first kappa shape index (κ1) is 18.8. The number of nitrogens with one attached hydrogen (secondary N) is 1. The van der Waals surface area contributed by atoms with Gasteiger partial charge in [-0.1, -0.05) is 78.9 Å².